The van der Waals surface area contributed by atoms with E-state index < -0.39 is 5.54 Å². The summed E-state index contributed by atoms with van der Waals surface area (Å²) in [4.78, 5) is 13.0. The number of methoxy groups -OCH3 is 2. The van der Waals surface area contributed by atoms with Crippen LogP contribution in [0.3, 0.4) is 0 Å². The third-order valence-electron chi connectivity index (χ3n) is 5.29. The highest BCUT2D eigenvalue weighted by Gasteiger charge is 2.48. The van der Waals surface area contributed by atoms with Crippen molar-refractivity contribution < 1.29 is 19.0 Å². The van der Waals surface area contributed by atoms with Gasteiger partial charge < -0.3 is 19.5 Å². The minimum atomic E-state index is -0.494. The Labute approximate surface area is 159 Å². The van der Waals surface area contributed by atoms with E-state index >= 15 is 0 Å². The maximum Gasteiger partial charge on any atom is 0.357 e. The molecule has 1 N–H and O–H groups in total. The van der Waals surface area contributed by atoms with E-state index in [1.807, 2.05) is 26.0 Å². The van der Waals surface area contributed by atoms with Crippen LogP contribution in [0.25, 0.3) is 5.57 Å². The smallest absolute Gasteiger partial charge is 0.357 e. The molecule has 6 heteroatoms. The van der Waals surface area contributed by atoms with Crippen LogP contribution in [0.5, 0.6) is 5.75 Å². The number of ether oxygens (including phenoxy) is 3. The molecule has 0 saturated heterocycles. The fraction of sp³-hybridized carbons (Fsp3) is 0.500. The summed E-state index contributed by atoms with van der Waals surface area (Å²) < 4.78 is 16.4. The lowest BCUT2D eigenvalue weighted by molar-refractivity contribution is -0.116. The van der Waals surface area contributed by atoms with E-state index in [0.29, 0.717) is 11.3 Å². The molecule has 1 spiro atoms. The topological polar surface area (TPSA) is 56.8 Å². The molecule has 1 aliphatic carbocycles. The number of rotatable bonds is 3. The summed E-state index contributed by atoms with van der Waals surface area (Å²) in [7, 11) is 3.11. The molecular formula is C20H25NO4S. The minimum absolute atomic E-state index is 0.0303. The van der Waals surface area contributed by atoms with E-state index in [9.17, 15) is 4.79 Å². The third kappa shape index (κ3) is 3.18. The summed E-state index contributed by atoms with van der Waals surface area (Å²) in [6.07, 6.45) is 4.94. The maximum atomic E-state index is 13.0. The molecule has 3 rings (SSSR count). The van der Waals surface area contributed by atoms with Crippen molar-refractivity contribution in [2.45, 2.75) is 51.5 Å². The molecule has 1 saturated carbocycles. The van der Waals surface area contributed by atoms with Gasteiger partial charge in [0.1, 0.15) is 11.5 Å². The van der Waals surface area contributed by atoms with Crippen molar-refractivity contribution in [2.24, 2.45) is 0 Å². The van der Waals surface area contributed by atoms with Gasteiger partial charge in [-0.2, -0.15) is 0 Å². The number of aryl methyl sites for hydroxylation is 2. The lowest BCUT2D eigenvalue weighted by atomic mass is 9.80. The normalized spacial score (nSPS) is 18.7. The predicted octanol–water partition coefficient (Wildman–Crippen LogP) is 3.80. The molecule has 0 aromatic heterocycles. The van der Waals surface area contributed by atoms with Crippen LogP contribution < -0.4 is 10.1 Å². The Balaban J connectivity index is 2.19. The lowest BCUT2D eigenvalue weighted by Gasteiger charge is -2.35. The van der Waals surface area contributed by atoms with Crippen molar-refractivity contribution in [1.29, 1.82) is 0 Å². The number of hydrogen-bond acceptors (Lipinski definition) is 5. The number of amides is 1. The first-order valence-corrected chi connectivity index (χ1v) is 9.31. The first-order chi connectivity index (χ1) is 12.4. The molecule has 1 aromatic rings. The van der Waals surface area contributed by atoms with Crippen LogP contribution in [0.1, 0.15) is 48.8 Å². The van der Waals surface area contributed by atoms with E-state index in [0.717, 1.165) is 54.5 Å². The van der Waals surface area contributed by atoms with Crippen LogP contribution in [0.2, 0.25) is 0 Å². The highest BCUT2D eigenvalue weighted by atomic mass is 32.1. The standard InChI is InChI=1S/C20H25NO4S/c1-12-10-14(23-3)11-13(2)15(12)16-17(25-19(26)24-4)20(21-18(16)22)8-6-5-7-9-20/h10-11H,5-9H2,1-4H3,(H,21,22). The average molecular weight is 375 g/mol. The summed E-state index contributed by atoms with van der Waals surface area (Å²) >= 11 is 5.15. The number of hydrogen-bond donors (Lipinski definition) is 1. The second kappa shape index (κ2) is 7.27. The van der Waals surface area contributed by atoms with E-state index in [1.54, 1.807) is 7.11 Å². The summed E-state index contributed by atoms with van der Waals surface area (Å²) in [5, 5.41) is 3.23. The molecule has 0 radical (unpaired) electrons. The van der Waals surface area contributed by atoms with Crippen molar-refractivity contribution in [3.63, 3.8) is 0 Å². The molecule has 1 aromatic carbocycles. The van der Waals surface area contributed by atoms with E-state index in [4.69, 9.17) is 26.4 Å². The van der Waals surface area contributed by atoms with Gasteiger partial charge in [0.25, 0.3) is 5.91 Å². The Morgan fingerprint density at radius 2 is 1.73 bits per heavy atom. The van der Waals surface area contributed by atoms with Crippen molar-refractivity contribution >= 4 is 28.9 Å². The van der Waals surface area contributed by atoms with Crippen molar-refractivity contribution in [2.75, 3.05) is 14.2 Å². The zero-order valence-corrected chi connectivity index (χ0v) is 16.5. The third-order valence-corrected chi connectivity index (χ3v) is 5.54. The fourth-order valence-electron chi connectivity index (χ4n) is 4.12. The first-order valence-electron chi connectivity index (χ1n) is 8.90. The van der Waals surface area contributed by atoms with Crippen LogP contribution in [-0.4, -0.2) is 30.9 Å². The molecule has 26 heavy (non-hydrogen) atoms. The molecule has 140 valence electrons. The number of thiocarbonyl (C=S) groups is 1. The number of benzene rings is 1. The SMILES string of the molecule is COC(=S)OC1=C(c2c(C)cc(OC)cc2C)C(=O)NC12CCCCC2. The van der Waals surface area contributed by atoms with Gasteiger partial charge in [-0.05, 0) is 55.5 Å². The fourth-order valence-corrected chi connectivity index (χ4v) is 4.21. The van der Waals surface area contributed by atoms with E-state index in [2.05, 4.69) is 5.32 Å². The molecule has 1 amide bonds. The average Bonchev–Trinajstić information content (AvgIpc) is 2.86. The van der Waals surface area contributed by atoms with Gasteiger partial charge in [-0.25, -0.2) is 0 Å². The molecule has 2 aliphatic rings. The highest BCUT2D eigenvalue weighted by Crippen LogP contribution is 2.44. The molecule has 5 nitrogen and oxygen atoms in total. The first kappa shape index (κ1) is 18.7. The summed E-state index contributed by atoms with van der Waals surface area (Å²) in [6, 6.07) is 3.86. The lowest BCUT2D eigenvalue weighted by Crippen LogP contribution is -2.46. The second-order valence-electron chi connectivity index (χ2n) is 6.99. The summed E-state index contributed by atoms with van der Waals surface area (Å²) in [5.41, 5.74) is 2.86. The van der Waals surface area contributed by atoms with Gasteiger partial charge in [-0.1, -0.05) is 19.3 Å². The second-order valence-corrected chi connectivity index (χ2v) is 7.33. The van der Waals surface area contributed by atoms with Gasteiger partial charge in [0, 0.05) is 12.2 Å². The molecule has 1 heterocycles. The zero-order chi connectivity index (χ0) is 18.9. The van der Waals surface area contributed by atoms with Crippen molar-refractivity contribution in [1.82, 2.24) is 5.32 Å². The molecule has 0 unspecified atom stereocenters. The molecule has 1 fully saturated rings. The highest BCUT2D eigenvalue weighted by molar-refractivity contribution is 7.79. The van der Waals surface area contributed by atoms with Crippen LogP contribution in [0.15, 0.2) is 17.9 Å². The Morgan fingerprint density at radius 3 is 2.27 bits per heavy atom. The maximum absolute atomic E-state index is 13.0. The van der Waals surface area contributed by atoms with Crippen molar-refractivity contribution in [3.05, 3.63) is 34.6 Å². The molecular weight excluding hydrogens is 350 g/mol. The minimum Gasteiger partial charge on any atom is -0.497 e. The van der Waals surface area contributed by atoms with Gasteiger partial charge in [0.2, 0.25) is 0 Å². The summed E-state index contributed by atoms with van der Waals surface area (Å²) in [6.45, 7) is 3.95. The predicted molar refractivity (Wildman–Crippen MR) is 104 cm³/mol. The van der Waals surface area contributed by atoms with Crippen LogP contribution in [0, 0.1) is 13.8 Å². The number of nitrogens with one attached hydrogen (secondary N) is 1. The van der Waals surface area contributed by atoms with Gasteiger partial charge in [-0.15, -0.1) is 0 Å². The summed E-state index contributed by atoms with van der Waals surface area (Å²) in [5.74, 6) is 1.26. The van der Waals surface area contributed by atoms with E-state index in [-0.39, 0.29) is 11.1 Å². The quantitative estimate of drug-likeness (QED) is 0.815. The molecule has 0 bridgehead atoms. The Morgan fingerprint density at radius 1 is 1.12 bits per heavy atom. The Bertz CT molecular complexity index is 755. The van der Waals surface area contributed by atoms with Crippen LogP contribution in [0.4, 0.5) is 0 Å². The van der Waals surface area contributed by atoms with Gasteiger partial charge in [-0.3, -0.25) is 4.79 Å². The Hall–Kier alpha value is -2.08. The molecule has 0 atom stereocenters. The van der Waals surface area contributed by atoms with Crippen molar-refractivity contribution in [3.8, 4) is 5.75 Å². The number of carbonyl (C=O) groups excluding carboxylic acids is 1. The largest absolute Gasteiger partial charge is 0.497 e. The molecule has 1 aliphatic heterocycles. The van der Waals surface area contributed by atoms with Gasteiger partial charge in [0.15, 0.2) is 0 Å². The zero-order valence-electron chi connectivity index (χ0n) is 15.7. The van der Waals surface area contributed by atoms with Gasteiger partial charge >= 0.3 is 5.24 Å². The Kier molecular flexibility index (Phi) is 5.23. The van der Waals surface area contributed by atoms with Crippen LogP contribution >= 0.6 is 12.2 Å². The van der Waals surface area contributed by atoms with Crippen LogP contribution in [-0.2, 0) is 14.3 Å². The van der Waals surface area contributed by atoms with E-state index in [1.165, 1.54) is 7.11 Å². The number of carbonyl (C=O) groups is 1. The monoisotopic (exact) mass is 375 g/mol. The van der Waals surface area contributed by atoms with Gasteiger partial charge in [0.05, 0.1) is 25.3 Å².